The molecule has 3 aromatic carbocycles. The fraction of sp³-hybridized carbons (Fsp3) is 0.103. The molecule has 8 heteroatoms. The molecule has 37 heavy (non-hydrogen) atoms. The molecule has 0 amide bonds. The first-order valence-corrected chi connectivity index (χ1v) is 11.3. The Kier molecular flexibility index (Phi) is 6.31. The Morgan fingerprint density at radius 1 is 0.784 bits per heavy atom. The van der Waals surface area contributed by atoms with Crippen molar-refractivity contribution in [2.75, 3.05) is 14.2 Å². The van der Waals surface area contributed by atoms with Gasteiger partial charge in [-0.3, -0.25) is 9.78 Å². The van der Waals surface area contributed by atoms with Crippen molar-refractivity contribution in [2.45, 2.75) is 0 Å². The van der Waals surface area contributed by atoms with Crippen molar-refractivity contribution >= 4 is 10.9 Å². The number of hydrogen-bond donors (Lipinski definition) is 0. The van der Waals surface area contributed by atoms with Crippen LogP contribution in [0, 0.1) is 11.6 Å². The van der Waals surface area contributed by atoms with Gasteiger partial charge in [-0.25, -0.2) is 8.78 Å². The highest BCUT2D eigenvalue weighted by molar-refractivity contribution is 5.88. The average molecular weight is 501 g/mol. The molecule has 0 spiro atoms. The molecule has 5 rings (SSSR count). The van der Waals surface area contributed by atoms with Crippen LogP contribution in [0.15, 0.2) is 83.9 Å². The summed E-state index contributed by atoms with van der Waals surface area (Å²) in [6, 6.07) is 16.6. The third-order valence-corrected chi connectivity index (χ3v) is 6.05. The molecule has 0 unspecified atom stereocenters. The summed E-state index contributed by atoms with van der Waals surface area (Å²) in [5.74, 6) is 0.351. The van der Waals surface area contributed by atoms with Crippen molar-refractivity contribution in [2.24, 2.45) is 7.05 Å². The van der Waals surface area contributed by atoms with Gasteiger partial charge in [0.15, 0.2) is 28.5 Å². The van der Waals surface area contributed by atoms with Gasteiger partial charge in [0.05, 0.1) is 31.0 Å². The number of halogens is 2. The third-order valence-electron chi connectivity index (χ3n) is 6.05. The predicted octanol–water partition coefficient (Wildman–Crippen LogP) is 6.36. The van der Waals surface area contributed by atoms with E-state index >= 15 is 4.39 Å². The Hall–Kier alpha value is -4.72. The standard InChI is InChI=1S/C29H22F2N2O4/c1-33-13-11-23(34)28(17-4-7-19(30)8-5-17)29(33)18-6-9-25(21(31)14-18)37-24-10-12-32-22-16-27(36-3)26(35-2)15-20(22)24/h4-16H,1-3H3. The Labute approximate surface area is 211 Å². The van der Waals surface area contributed by atoms with E-state index in [-0.39, 0.29) is 11.2 Å². The minimum Gasteiger partial charge on any atom is -0.493 e. The van der Waals surface area contributed by atoms with Crippen LogP contribution < -0.4 is 19.6 Å². The van der Waals surface area contributed by atoms with Crippen molar-refractivity contribution < 1.29 is 23.0 Å². The van der Waals surface area contributed by atoms with Crippen LogP contribution in [0.3, 0.4) is 0 Å². The van der Waals surface area contributed by atoms with Crippen LogP contribution in [0.1, 0.15) is 0 Å². The molecule has 0 aliphatic heterocycles. The largest absolute Gasteiger partial charge is 0.493 e. The van der Waals surface area contributed by atoms with E-state index < -0.39 is 11.6 Å². The molecule has 6 nitrogen and oxygen atoms in total. The lowest BCUT2D eigenvalue weighted by atomic mass is 9.98. The van der Waals surface area contributed by atoms with Crippen molar-refractivity contribution in [3.63, 3.8) is 0 Å². The molecular weight excluding hydrogens is 478 g/mol. The summed E-state index contributed by atoms with van der Waals surface area (Å²) in [5, 5.41) is 0.618. The van der Waals surface area contributed by atoms with E-state index in [4.69, 9.17) is 14.2 Å². The van der Waals surface area contributed by atoms with Gasteiger partial charge >= 0.3 is 0 Å². The number of pyridine rings is 2. The summed E-state index contributed by atoms with van der Waals surface area (Å²) < 4.78 is 47.3. The fourth-order valence-corrected chi connectivity index (χ4v) is 4.26. The molecule has 0 saturated carbocycles. The van der Waals surface area contributed by atoms with Crippen LogP contribution in [-0.2, 0) is 7.05 Å². The number of aryl methyl sites for hydroxylation is 1. The molecule has 0 N–H and O–H groups in total. The van der Waals surface area contributed by atoms with Gasteiger partial charge in [-0.2, -0.15) is 0 Å². The lowest BCUT2D eigenvalue weighted by Crippen LogP contribution is -2.11. The molecule has 0 saturated heterocycles. The zero-order valence-electron chi connectivity index (χ0n) is 20.3. The Morgan fingerprint density at radius 2 is 1.49 bits per heavy atom. The number of nitrogens with zero attached hydrogens (tertiary/aromatic N) is 2. The number of fused-ring (bicyclic) bond motifs is 1. The van der Waals surface area contributed by atoms with E-state index in [1.54, 1.807) is 48.3 Å². The fourth-order valence-electron chi connectivity index (χ4n) is 4.26. The van der Waals surface area contributed by atoms with Crippen molar-refractivity contribution in [1.82, 2.24) is 9.55 Å². The van der Waals surface area contributed by atoms with E-state index in [0.29, 0.717) is 50.5 Å². The Balaban J connectivity index is 1.57. The predicted molar refractivity (Wildman–Crippen MR) is 137 cm³/mol. The Bertz CT molecular complexity index is 1680. The van der Waals surface area contributed by atoms with Gasteiger partial charge in [-0.1, -0.05) is 12.1 Å². The second kappa shape index (κ2) is 9.73. The summed E-state index contributed by atoms with van der Waals surface area (Å²) in [6.07, 6.45) is 3.17. The smallest absolute Gasteiger partial charge is 0.190 e. The van der Waals surface area contributed by atoms with Crippen LogP contribution in [-0.4, -0.2) is 23.8 Å². The van der Waals surface area contributed by atoms with Crippen LogP contribution in [0.5, 0.6) is 23.0 Å². The van der Waals surface area contributed by atoms with Gasteiger partial charge in [-0.05, 0) is 48.0 Å². The van der Waals surface area contributed by atoms with Gasteiger partial charge in [0.25, 0.3) is 0 Å². The number of rotatable bonds is 6. The number of hydrogen-bond acceptors (Lipinski definition) is 5. The van der Waals surface area contributed by atoms with Crippen LogP contribution in [0.4, 0.5) is 8.78 Å². The first-order chi connectivity index (χ1) is 17.9. The molecule has 0 fully saturated rings. The highest BCUT2D eigenvalue weighted by Gasteiger charge is 2.17. The summed E-state index contributed by atoms with van der Waals surface area (Å²) >= 11 is 0. The minimum absolute atomic E-state index is 0.00435. The third kappa shape index (κ3) is 4.49. The zero-order valence-corrected chi connectivity index (χ0v) is 20.3. The van der Waals surface area contributed by atoms with Gasteiger partial charge in [-0.15, -0.1) is 0 Å². The maximum absolute atomic E-state index is 15.4. The SMILES string of the molecule is COc1cc2nccc(Oc3ccc(-c4c(-c5ccc(F)cc5)c(=O)ccn4C)cc3F)c2cc1OC. The molecule has 0 bridgehead atoms. The van der Waals surface area contributed by atoms with Gasteiger partial charge in [0, 0.05) is 42.5 Å². The summed E-state index contributed by atoms with van der Waals surface area (Å²) in [6.45, 7) is 0. The second-order valence-corrected chi connectivity index (χ2v) is 8.30. The molecule has 186 valence electrons. The van der Waals surface area contributed by atoms with Crippen LogP contribution in [0.2, 0.25) is 0 Å². The number of benzene rings is 3. The highest BCUT2D eigenvalue weighted by atomic mass is 19.1. The lowest BCUT2D eigenvalue weighted by Gasteiger charge is -2.16. The summed E-state index contributed by atoms with van der Waals surface area (Å²) in [4.78, 5) is 17.2. The monoisotopic (exact) mass is 500 g/mol. The van der Waals surface area contributed by atoms with Crippen molar-refractivity contribution in [3.05, 3.63) is 101 Å². The molecule has 0 aliphatic rings. The maximum Gasteiger partial charge on any atom is 0.190 e. The van der Waals surface area contributed by atoms with Crippen molar-refractivity contribution in [1.29, 1.82) is 0 Å². The molecule has 2 heterocycles. The quantitative estimate of drug-likeness (QED) is 0.272. The molecule has 2 aromatic heterocycles. The molecular formula is C29H22F2N2O4. The minimum atomic E-state index is -0.621. The van der Waals surface area contributed by atoms with E-state index in [1.807, 2.05) is 0 Å². The van der Waals surface area contributed by atoms with Crippen LogP contribution in [0.25, 0.3) is 33.3 Å². The second-order valence-electron chi connectivity index (χ2n) is 8.30. The lowest BCUT2D eigenvalue weighted by molar-refractivity contribution is 0.355. The molecule has 0 atom stereocenters. The van der Waals surface area contributed by atoms with E-state index in [2.05, 4.69) is 4.98 Å². The number of ether oxygens (including phenoxy) is 3. The van der Waals surface area contributed by atoms with E-state index in [1.165, 1.54) is 56.7 Å². The maximum atomic E-state index is 15.4. The first kappa shape index (κ1) is 24.0. The number of methoxy groups -OCH3 is 2. The molecule has 0 radical (unpaired) electrons. The normalized spacial score (nSPS) is 10.9. The Morgan fingerprint density at radius 3 is 2.19 bits per heavy atom. The van der Waals surface area contributed by atoms with Gasteiger partial charge in [0.2, 0.25) is 0 Å². The highest BCUT2D eigenvalue weighted by Crippen LogP contribution is 2.38. The van der Waals surface area contributed by atoms with E-state index in [0.717, 1.165) is 0 Å². The molecule has 0 aliphatic carbocycles. The first-order valence-electron chi connectivity index (χ1n) is 11.3. The van der Waals surface area contributed by atoms with Crippen molar-refractivity contribution in [3.8, 4) is 45.4 Å². The summed E-state index contributed by atoms with van der Waals surface area (Å²) in [7, 11) is 4.82. The van der Waals surface area contributed by atoms with Gasteiger partial charge in [0.1, 0.15) is 11.6 Å². The van der Waals surface area contributed by atoms with Gasteiger partial charge < -0.3 is 18.8 Å². The molecule has 5 aromatic rings. The van der Waals surface area contributed by atoms with Crippen LogP contribution >= 0.6 is 0 Å². The summed E-state index contributed by atoms with van der Waals surface area (Å²) in [5.41, 5.74) is 2.18. The zero-order chi connectivity index (χ0) is 26.1. The van der Waals surface area contributed by atoms with E-state index in [9.17, 15) is 9.18 Å². The number of aromatic nitrogens is 2. The topological polar surface area (TPSA) is 62.6 Å². The average Bonchev–Trinajstić information content (AvgIpc) is 2.91.